The van der Waals surface area contributed by atoms with E-state index in [0.717, 1.165) is 22.3 Å². The van der Waals surface area contributed by atoms with Gasteiger partial charge in [-0.2, -0.15) is 4.98 Å². The lowest BCUT2D eigenvalue weighted by atomic mass is 9.98. The molecule has 3 N–H and O–H groups in total. The van der Waals surface area contributed by atoms with Crippen molar-refractivity contribution in [2.75, 3.05) is 32.1 Å². The molecular formula is C35H38N6O9. The maximum absolute atomic E-state index is 12.8. The van der Waals surface area contributed by atoms with E-state index >= 15 is 0 Å². The van der Waals surface area contributed by atoms with E-state index in [2.05, 4.69) is 44.5 Å². The Morgan fingerprint density at radius 3 is 2.44 bits per heavy atom. The predicted octanol–water partition coefficient (Wildman–Crippen LogP) is 3.28. The van der Waals surface area contributed by atoms with Crippen LogP contribution in [0.1, 0.15) is 62.3 Å². The summed E-state index contributed by atoms with van der Waals surface area (Å²) in [6, 6.07) is 16.2. The molecular weight excluding hydrogens is 648 g/mol. The summed E-state index contributed by atoms with van der Waals surface area (Å²) in [5.41, 5.74) is 4.03. The molecule has 262 valence electrons. The van der Waals surface area contributed by atoms with E-state index in [1.54, 1.807) is 7.05 Å². The molecule has 2 aromatic heterocycles. The third-order valence-electron chi connectivity index (χ3n) is 8.87. The smallest absolute Gasteiger partial charge is 0.409 e. The SMILES string of the molecule is CC(=O)CCC(=O)OC1C[C@H](n2cnc3c(=O)[nH]c(NC(=O)CCCN(C)C(=O)OCC4c5ccccc5-c5ccccc54)nc32)O[C@@H]1CO. The molecule has 6 rings (SSSR count). The Balaban J connectivity index is 1.01. The zero-order valence-electron chi connectivity index (χ0n) is 27.7. The van der Waals surface area contributed by atoms with Gasteiger partial charge in [0.15, 0.2) is 11.2 Å². The van der Waals surface area contributed by atoms with Crippen molar-refractivity contribution in [3.8, 4) is 11.1 Å². The van der Waals surface area contributed by atoms with Crippen LogP contribution in [0.5, 0.6) is 0 Å². The highest BCUT2D eigenvalue weighted by Crippen LogP contribution is 2.44. The zero-order chi connectivity index (χ0) is 35.4. The second-order valence-corrected chi connectivity index (χ2v) is 12.4. The van der Waals surface area contributed by atoms with E-state index in [0.29, 0.717) is 6.42 Å². The van der Waals surface area contributed by atoms with E-state index in [-0.39, 0.29) is 67.6 Å². The van der Waals surface area contributed by atoms with Gasteiger partial charge in [0.2, 0.25) is 11.9 Å². The fraction of sp³-hybridized carbons (Fsp3) is 0.400. The first-order valence-corrected chi connectivity index (χ1v) is 16.4. The van der Waals surface area contributed by atoms with E-state index in [9.17, 15) is 29.1 Å². The Morgan fingerprint density at radius 2 is 1.76 bits per heavy atom. The quantitative estimate of drug-likeness (QED) is 0.175. The van der Waals surface area contributed by atoms with Crippen LogP contribution in [0.2, 0.25) is 0 Å². The van der Waals surface area contributed by atoms with Crippen LogP contribution in [0.25, 0.3) is 22.3 Å². The number of esters is 1. The number of amides is 2. The van der Waals surface area contributed by atoms with E-state index in [4.69, 9.17) is 14.2 Å². The lowest BCUT2D eigenvalue weighted by Crippen LogP contribution is -2.30. The van der Waals surface area contributed by atoms with E-state index in [1.165, 1.54) is 22.7 Å². The van der Waals surface area contributed by atoms with Crippen molar-refractivity contribution >= 4 is 40.9 Å². The number of nitrogens with zero attached hydrogens (tertiary/aromatic N) is 4. The summed E-state index contributed by atoms with van der Waals surface area (Å²) in [4.78, 5) is 74.2. The topological polar surface area (TPSA) is 195 Å². The number of H-pyrrole nitrogens is 1. The minimum atomic E-state index is -0.841. The number of imidazole rings is 1. The minimum absolute atomic E-state index is 0.00114. The molecule has 2 aliphatic rings. The van der Waals surface area contributed by atoms with E-state index in [1.807, 2.05) is 24.3 Å². The van der Waals surface area contributed by atoms with Crippen LogP contribution < -0.4 is 10.9 Å². The number of Topliss-reactive ketones (excluding diaryl/α,β-unsaturated/α-hetero) is 1. The second kappa shape index (κ2) is 15.0. The molecule has 0 bridgehead atoms. The summed E-state index contributed by atoms with van der Waals surface area (Å²) in [7, 11) is 1.61. The van der Waals surface area contributed by atoms with Gasteiger partial charge in [0.05, 0.1) is 19.4 Å². The molecule has 1 fully saturated rings. The number of aliphatic hydroxyl groups is 1. The van der Waals surface area contributed by atoms with Crippen molar-refractivity contribution in [1.82, 2.24) is 24.4 Å². The van der Waals surface area contributed by atoms with Gasteiger partial charge in [-0.15, -0.1) is 0 Å². The fourth-order valence-electron chi connectivity index (χ4n) is 6.33. The molecule has 2 aromatic carbocycles. The molecule has 1 unspecified atom stereocenters. The fourth-order valence-corrected chi connectivity index (χ4v) is 6.33. The summed E-state index contributed by atoms with van der Waals surface area (Å²) in [6.45, 7) is 1.39. The van der Waals surface area contributed by atoms with Gasteiger partial charge in [-0.05, 0) is 35.6 Å². The molecule has 50 heavy (non-hydrogen) atoms. The predicted molar refractivity (Wildman–Crippen MR) is 179 cm³/mol. The molecule has 1 saturated heterocycles. The van der Waals surface area contributed by atoms with Crippen LogP contribution in [0, 0.1) is 0 Å². The molecule has 1 aliphatic heterocycles. The molecule has 1 aliphatic carbocycles. The largest absolute Gasteiger partial charge is 0.459 e. The number of aliphatic hydroxyl groups excluding tert-OH is 1. The summed E-state index contributed by atoms with van der Waals surface area (Å²) in [5, 5.41) is 12.4. The average Bonchev–Trinajstić information content (AvgIpc) is 3.80. The number of ketones is 1. The Kier molecular flexibility index (Phi) is 10.3. The summed E-state index contributed by atoms with van der Waals surface area (Å²) < 4.78 is 18.5. The van der Waals surface area contributed by atoms with Gasteiger partial charge in [0.1, 0.15) is 30.8 Å². The molecule has 2 amide bonds. The number of carbonyl (C=O) groups excluding carboxylic acids is 4. The number of hydrogen-bond donors (Lipinski definition) is 3. The first-order valence-electron chi connectivity index (χ1n) is 16.4. The van der Waals surface area contributed by atoms with Gasteiger partial charge < -0.3 is 29.0 Å². The van der Waals surface area contributed by atoms with Crippen molar-refractivity contribution in [2.24, 2.45) is 0 Å². The lowest BCUT2D eigenvalue weighted by Gasteiger charge is -2.19. The van der Waals surface area contributed by atoms with Crippen molar-refractivity contribution in [1.29, 1.82) is 0 Å². The highest BCUT2D eigenvalue weighted by atomic mass is 16.6. The standard InChI is InChI=1S/C35H38N6O9/c1-20(43)13-14-30(45)50-26-16-29(49-27(26)17-42)41-19-36-31-32(41)38-34(39-33(31)46)37-28(44)12-7-15-40(2)35(47)48-18-25-23-10-5-3-8-21(23)22-9-4-6-11-24(22)25/h3-6,8-11,19,25-27,29,42H,7,12-18H2,1-2H3,(H2,37,38,39,44,46)/t26?,27-,29-/m1/s1. The van der Waals surface area contributed by atoms with E-state index < -0.39 is 48.6 Å². The number of anilines is 1. The number of ether oxygens (including phenoxy) is 3. The summed E-state index contributed by atoms with van der Waals surface area (Å²) in [6.07, 6.45) is -1.13. The third-order valence-corrected chi connectivity index (χ3v) is 8.87. The van der Waals surface area contributed by atoms with Crippen LogP contribution in [0.15, 0.2) is 59.7 Å². The Bertz CT molecular complexity index is 1930. The lowest BCUT2D eigenvalue weighted by molar-refractivity contribution is -0.153. The van der Waals surface area contributed by atoms with Crippen LogP contribution in [0.4, 0.5) is 10.7 Å². The molecule has 0 radical (unpaired) electrons. The Hall–Kier alpha value is -5.41. The second-order valence-electron chi connectivity index (χ2n) is 12.4. The van der Waals surface area contributed by atoms with Gasteiger partial charge >= 0.3 is 12.1 Å². The van der Waals surface area contributed by atoms with Crippen LogP contribution in [0.3, 0.4) is 0 Å². The monoisotopic (exact) mass is 686 g/mol. The van der Waals surface area contributed by atoms with Crippen LogP contribution in [-0.2, 0) is 28.6 Å². The normalized spacial score (nSPS) is 18.0. The number of aromatic nitrogens is 4. The highest BCUT2D eigenvalue weighted by molar-refractivity contribution is 5.89. The molecule has 15 heteroatoms. The van der Waals surface area contributed by atoms with Gasteiger partial charge in [0, 0.05) is 38.8 Å². The Morgan fingerprint density at radius 1 is 1.06 bits per heavy atom. The van der Waals surface area contributed by atoms with Crippen molar-refractivity contribution < 1.29 is 38.5 Å². The number of fused-ring (bicyclic) bond motifs is 4. The van der Waals surface area contributed by atoms with Gasteiger partial charge in [0.25, 0.3) is 5.56 Å². The van der Waals surface area contributed by atoms with Crippen molar-refractivity contribution in [2.45, 2.75) is 63.4 Å². The summed E-state index contributed by atoms with van der Waals surface area (Å²) >= 11 is 0. The highest BCUT2D eigenvalue weighted by Gasteiger charge is 2.39. The molecule has 0 spiro atoms. The molecule has 4 aromatic rings. The number of rotatable bonds is 13. The number of carbonyl (C=O) groups is 4. The van der Waals surface area contributed by atoms with Gasteiger partial charge in [-0.3, -0.25) is 29.3 Å². The first-order chi connectivity index (χ1) is 24.1. The average molecular weight is 687 g/mol. The molecule has 15 nitrogen and oxygen atoms in total. The Labute approximate surface area is 286 Å². The first kappa shape index (κ1) is 34.5. The number of hydrogen-bond acceptors (Lipinski definition) is 11. The number of nitrogens with one attached hydrogen (secondary N) is 2. The third kappa shape index (κ3) is 7.43. The van der Waals surface area contributed by atoms with Gasteiger partial charge in [-0.1, -0.05) is 48.5 Å². The van der Waals surface area contributed by atoms with Crippen molar-refractivity contribution in [3.05, 3.63) is 76.3 Å². The van der Waals surface area contributed by atoms with Crippen molar-refractivity contribution in [3.63, 3.8) is 0 Å². The maximum Gasteiger partial charge on any atom is 0.409 e. The molecule has 3 heterocycles. The van der Waals surface area contributed by atoms with Crippen LogP contribution >= 0.6 is 0 Å². The number of aromatic amines is 1. The molecule has 0 saturated carbocycles. The number of benzene rings is 2. The molecule has 3 atom stereocenters. The zero-order valence-corrected chi connectivity index (χ0v) is 27.7. The van der Waals surface area contributed by atoms with Gasteiger partial charge in [-0.25, -0.2) is 9.78 Å². The summed E-state index contributed by atoms with van der Waals surface area (Å²) in [5.74, 6) is -1.34. The maximum atomic E-state index is 12.8. The minimum Gasteiger partial charge on any atom is -0.459 e. The van der Waals surface area contributed by atoms with Crippen LogP contribution in [-0.4, -0.2) is 92.3 Å².